The molecule has 0 bridgehead atoms. The highest BCUT2D eigenvalue weighted by Gasteiger charge is 2.16. The van der Waals surface area contributed by atoms with Crippen LogP contribution in [0.15, 0.2) is 11.7 Å². The molecule has 3 nitrogen and oxygen atoms in total. The van der Waals surface area contributed by atoms with Crippen LogP contribution in [0, 0.1) is 5.92 Å². The van der Waals surface area contributed by atoms with Gasteiger partial charge >= 0.3 is 0 Å². The fourth-order valence-corrected chi connectivity index (χ4v) is 2.73. The van der Waals surface area contributed by atoms with Gasteiger partial charge in [-0.3, -0.25) is 4.98 Å². The third-order valence-corrected chi connectivity index (χ3v) is 3.72. The average molecular weight is 225 g/mol. The lowest BCUT2D eigenvalue weighted by molar-refractivity contribution is 0.206. The number of likely N-dealkylation sites (tertiary alicyclic amines) is 1. The molecule has 1 aromatic heterocycles. The summed E-state index contributed by atoms with van der Waals surface area (Å²) in [4.78, 5) is 7.84. The molecule has 0 radical (unpaired) electrons. The molecule has 0 spiro atoms. The quantitative estimate of drug-likeness (QED) is 0.843. The van der Waals surface area contributed by atoms with Crippen molar-refractivity contribution in [3.05, 3.63) is 16.6 Å². The molecule has 0 aromatic carbocycles. The van der Waals surface area contributed by atoms with Crippen molar-refractivity contribution in [2.24, 2.45) is 5.92 Å². The summed E-state index contributed by atoms with van der Waals surface area (Å²) in [5.74, 6) is 0.830. The third-order valence-electron chi connectivity index (χ3n) is 2.94. The summed E-state index contributed by atoms with van der Waals surface area (Å²) in [6.07, 6.45) is 4.67. The molecule has 1 N–H and O–H groups in total. The molecule has 15 heavy (non-hydrogen) atoms. The van der Waals surface area contributed by atoms with Gasteiger partial charge in [0.25, 0.3) is 0 Å². The molecule has 1 atom stereocenters. The molecular formula is C11H19N3S. The maximum absolute atomic E-state index is 4.07. The lowest BCUT2D eigenvalue weighted by atomic mass is 9.98. The van der Waals surface area contributed by atoms with Crippen LogP contribution in [0.1, 0.15) is 17.7 Å². The first-order valence-corrected chi connectivity index (χ1v) is 6.49. The number of thiazole rings is 1. The summed E-state index contributed by atoms with van der Waals surface area (Å²) < 4.78 is 0. The summed E-state index contributed by atoms with van der Waals surface area (Å²) in [5, 5.41) is 3.52. The van der Waals surface area contributed by atoms with Crippen molar-refractivity contribution < 1.29 is 0 Å². The maximum Gasteiger partial charge on any atom is 0.0794 e. The Morgan fingerprint density at radius 1 is 1.67 bits per heavy atom. The van der Waals surface area contributed by atoms with Crippen molar-refractivity contribution in [3.63, 3.8) is 0 Å². The second kappa shape index (κ2) is 5.58. The van der Waals surface area contributed by atoms with E-state index in [-0.39, 0.29) is 0 Å². The van der Waals surface area contributed by atoms with Crippen LogP contribution in [0.3, 0.4) is 0 Å². The van der Waals surface area contributed by atoms with E-state index in [1.165, 1.54) is 30.8 Å². The second-order valence-corrected chi connectivity index (χ2v) is 5.34. The summed E-state index contributed by atoms with van der Waals surface area (Å²) in [6.45, 7) is 4.63. The van der Waals surface area contributed by atoms with Crippen LogP contribution in [0.4, 0.5) is 0 Å². The molecule has 1 aromatic rings. The Labute approximate surface area is 95.5 Å². The van der Waals surface area contributed by atoms with Crippen molar-refractivity contribution in [1.82, 2.24) is 15.2 Å². The maximum atomic E-state index is 4.07. The van der Waals surface area contributed by atoms with Crippen molar-refractivity contribution in [1.29, 1.82) is 0 Å². The Kier molecular flexibility index (Phi) is 4.11. The molecule has 2 rings (SSSR count). The smallest absolute Gasteiger partial charge is 0.0794 e. The predicted octanol–water partition coefficient (Wildman–Crippen LogP) is 1.57. The summed E-state index contributed by atoms with van der Waals surface area (Å²) in [7, 11) is 2.22. The number of hydrogen-bond acceptors (Lipinski definition) is 4. The first-order valence-electron chi connectivity index (χ1n) is 5.61. The van der Waals surface area contributed by atoms with E-state index in [9.17, 15) is 0 Å². The lowest BCUT2D eigenvalue weighted by Crippen LogP contribution is -2.37. The normalized spacial score (nSPS) is 23.1. The van der Waals surface area contributed by atoms with Gasteiger partial charge in [-0.1, -0.05) is 0 Å². The molecule has 1 aliphatic heterocycles. The van der Waals surface area contributed by atoms with Crippen molar-refractivity contribution in [3.8, 4) is 0 Å². The number of piperidine rings is 1. The molecular weight excluding hydrogens is 206 g/mol. The molecule has 0 aliphatic carbocycles. The van der Waals surface area contributed by atoms with E-state index >= 15 is 0 Å². The van der Waals surface area contributed by atoms with Gasteiger partial charge in [-0.15, -0.1) is 11.3 Å². The summed E-state index contributed by atoms with van der Waals surface area (Å²) in [5.41, 5.74) is 1.89. The van der Waals surface area contributed by atoms with E-state index in [1.807, 2.05) is 11.7 Å². The Morgan fingerprint density at radius 3 is 3.33 bits per heavy atom. The highest BCUT2D eigenvalue weighted by Crippen LogP contribution is 2.14. The Hall–Kier alpha value is -0.450. The summed E-state index contributed by atoms with van der Waals surface area (Å²) in [6, 6.07) is 0. The molecule has 1 saturated heterocycles. The average Bonchev–Trinajstić information content (AvgIpc) is 2.71. The van der Waals surface area contributed by atoms with Crippen LogP contribution >= 0.6 is 11.3 Å². The number of nitrogens with zero attached hydrogens (tertiary/aromatic N) is 2. The fraction of sp³-hybridized carbons (Fsp3) is 0.727. The van der Waals surface area contributed by atoms with E-state index in [0.717, 1.165) is 19.0 Å². The topological polar surface area (TPSA) is 28.2 Å². The van der Waals surface area contributed by atoms with Gasteiger partial charge in [-0.2, -0.15) is 0 Å². The van der Waals surface area contributed by atoms with Crippen LogP contribution < -0.4 is 5.32 Å². The van der Waals surface area contributed by atoms with Gasteiger partial charge in [0.1, 0.15) is 0 Å². The first-order chi connectivity index (χ1) is 7.34. The van der Waals surface area contributed by atoms with Crippen molar-refractivity contribution >= 4 is 11.3 Å². The van der Waals surface area contributed by atoms with Crippen LogP contribution in [0.25, 0.3) is 0 Å². The van der Waals surface area contributed by atoms with Gasteiger partial charge < -0.3 is 10.2 Å². The number of hydrogen-bond donors (Lipinski definition) is 1. The monoisotopic (exact) mass is 225 g/mol. The molecule has 1 aliphatic rings. The molecule has 1 fully saturated rings. The molecule has 84 valence electrons. The van der Waals surface area contributed by atoms with Crippen LogP contribution in [-0.4, -0.2) is 36.6 Å². The Bertz CT molecular complexity index is 273. The number of nitrogens with one attached hydrogen (secondary N) is 1. The van der Waals surface area contributed by atoms with E-state index in [4.69, 9.17) is 0 Å². The van der Waals surface area contributed by atoms with E-state index in [0.29, 0.717) is 0 Å². The van der Waals surface area contributed by atoms with Crippen LogP contribution in [0.5, 0.6) is 0 Å². The zero-order chi connectivity index (χ0) is 10.5. The van der Waals surface area contributed by atoms with Gasteiger partial charge in [0, 0.05) is 24.2 Å². The Balaban J connectivity index is 1.65. The SMILES string of the molecule is CN1CCCC(CNCc2cncs2)C1. The first kappa shape index (κ1) is 11.0. The van der Waals surface area contributed by atoms with Gasteiger partial charge in [0.05, 0.1) is 5.51 Å². The minimum Gasteiger partial charge on any atom is -0.311 e. The predicted molar refractivity (Wildman–Crippen MR) is 64.0 cm³/mol. The van der Waals surface area contributed by atoms with Gasteiger partial charge in [-0.25, -0.2) is 0 Å². The standard InChI is InChI=1S/C11H19N3S/c1-14-4-2-3-10(8-14)5-12-6-11-7-13-9-15-11/h7,9-10,12H,2-6,8H2,1H3. The number of rotatable bonds is 4. The van der Waals surface area contributed by atoms with Crippen molar-refractivity contribution in [2.45, 2.75) is 19.4 Å². The van der Waals surface area contributed by atoms with Crippen LogP contribution in [0.2, 0.25) is 0 Å². The molecule has 2 heterocycles. The molecule has 0 saturated carbocycles. The van der Waals surface area contributed by atoms with Crippen molar-refractivity contribution in [2.75, 3.05) is 26.7 Å². The largest absolute Gasteiger partial charge is 0.311 e. The fourth-order valence-electron chi connectivity index (χ4n) is 2.17. The van der Waals surface area contributed by atoms with E-state index in [2.05, 4.69) is 22.2 Å². The zero-order valence-electron chi connectivity index (χ0n) is 9.28. The second-order valence-electron chi connectivity index (χ2n) is 4.37. The third kappa shape index (κ3) is 3.55. The van der Waals surface area contributed by atoms with Gasteiger partial charge in [0.15, 0.2) is 0 Å². The highest BCUT2D eigenvalue weighted by molar-refractivity contribution is 7.09. The number of aromatic nitrogens is 1. The molecule has 1 unspecified atom stereocenters. The minimum absolute atomic E-state index is 0.830. The zero-order valence-corrected chi connectivity index (χ0v) is 10.1. The van der Waals surface area contributed by atoms with Crippen LogP contribution in [-0.2, 0) is 6.54 Å². The summed E-state index contributed by atoms with van der Waals surface area (Å²) >= 11 is 1.73. The molecule has 0 amide bonds. The van der Waals surface area contributed by atoms with E-state index in [1.54, 1.807) is 11.3 Å². The Morgan fingerprint density at radius 2 is 2.60 bits per heavy atom. The van der Waals surface area contributed by atoms with E-state index < -0.39 is 0 Å². The molecule has 4 heteroatoms. The minimum atomic E-state index is 0.830. The van der Waals surface area contributed by atoms with Gasteiger partial charge in [0.2, 0.25) is 0 Å². The lowest BCUT2D eigenvalue weighted by Gasteiger charge is -2.29. The highest BCUT2D eigenvalue weighted by atomic mass is 32.1. The van der Waals surface area contributed by atoms with Gasteiger partial charge in [-0.05, 0) is 38.9 Å².